The van der Waals surface area contributed by atoms with Gasteiger partial charge in [-0.3, -0.25) is 19.7 Å². The summed E-state index contributed by atoms with van der Waals surface area (Å²) in [5.41, 5.74) is 7.66. The quantitative estimate of drug-likeness (QED) is 0.276. The summed E-state index contributed by atoms with van der Waals surface area (Å²) in [7, 11) is 0. The van der Waals surface area contributed by atoms with Crippen LogP contribution >= 0.6 is 0 Å². The van der Waals surface area contributed by atoms with Crippen molar-refractivity contribution in [2.75, 3.05) is 5.32 Å². The van der Waals surface area contributed by atoms with Crippen LogP contribution in [0.25, 0.3) is 5.69 Å². The van der Waals surface area contributed by atoms with Crippen LogP contribution in [0.5, 0.6) is 0 Å². The maximum atomic E-state index is 12.3. The molecule has 0 spiro atoms. The number of rotatable bonds is 9. The fourth-order valence-corrected chi connectivity index (χ4v) is 3.71. The van der Waals surface area contributed by atoms with Crippen LogP contribution in [0.2, 0.25) is 0 Å². The zero-order valence-electron chi connectivity index (χ0n) is 19.4. The molecule has 2 aromatic carbocycles. The van der Waals surface area contributed by atoms with Gasteiger partial charge in [-0.25, -0.2) is 5.43 Å². The largest absolute Gasteiger partial charge is 0.326 e. The van der Waals surface area contributed by atoms with Gasteiger partial charge >= 0.3 is 0 Å². The predicted molar refractivity (Wildman–Crippen MR) is 131 cm³/mol. The Labute approximate surface area is 197 Å². The van der Waals surface area contributed by atoms with Gasteiger partial charge in [0, 0.05) is 36.9 Å². The summed E-state index contributed by atoms with van der Waals surface area (Å²) in [5.74, 6) is -0.443. The van der Waals surface area contributed by atoms with Crippen LogP contribution in [0.3, 0.4) is 0 Å². The Morgan fingerprint density at radius 2 is 1.74 bits per heavy atom. The number of benzene rings is 2. The zero-order valence-corrected chi connectivity index (χ0v) is 19.4. The third-order valence-corrected chi connectivity index (χ3v) is 5.23. The van der Waals surface area contributed by atoms with Crippen LogP contribution in [0.4, 0.5) is 11.4 Å². The minimum atomic E-state index is -0.454. The number of anilines is 1. The highest BCUT2D eigenvalue weighted by Crippen LogP contribution is 2.22. The Bertz CT molecular complexity index is 1220. The molecule has 3 aromatic rings. The van der Waals surface area contributed by atoms with Gasteiger partial charge in [-0.1, -0.05) is 23.8 Å². The minimum Gasteiger partial charge on any atom is -0.326 e. The highest BCUT2D eigenvalue weighted by atomic mass is 16.6. The number of non-ortho nitro benzene ring substituents is 1. The van der Waals surface area contributed by atoms with Crippen molar-refractivity contribution in [2.45, 2.75) is 40.0 Å². The van der Waals surface area contributed by atoms with Gasteiger partial charge in [0.2, 0.25) is 11.8 Å². The number of hydrogen-bond donors (Lipinski definition) is 2. The lowest BCUT2D eigenvalue weighted by molar-refractivity contribution is -0.384. The summed E-state index contributed by atoms with van der Waals surface area (Å²) in [6.07, 6.45) is 3.98. The average Bonchev–Trinajstić information content (AvgIpc) is 3.25. The molecule has 0 aliphatic heterocycles. The maximum absolute atomic E-state index is 12.3. The molecule has 9 heteroatoms. The molecular weight excluding hydrogens is 434 g/mol. The number of aryl methyl sites for hydroxylation is 3. The smallest absolute Gasteiger partial charge is 0.271 e. The molecule has 176 valence electrons. The second kappa shape index (κ2) is 11.0. The third kappa shape index (κ3) is 6.38. The van der Waals surface area contributed by atoms with Crippen LogP contribution in [0.1, 0.15) is 41.6 Å². The number of hydrogen-bond acceptors (Lipinski definition) is 5. The SMILES string of the molecule is Cc1cc(C)c(NC(=O)CCCC(=O)N/N=C\c2cccn2-c2cccc([N+](=O)[O-])c2)c(C)c1. The molecule has 1 heterocycles. The summed E-state index contributed by atoms with van der Waals surface area (Å²) in [5, 5.41) is 17.9. The predicted octanol–water partition coefficient (Wildman–Crippen LogP) is 4.57. The number of carbonyl (C=O) groups excluding carboxylic acids is 2. The molecular formula is C25H27N5O4. The molecule has 9 nitrogen and oxygen atoms in total. The normalized spacial score (nSPS) is 10.9. The van der Waals surface area contributed by atoms with Gasteiger partial charge in [-0.15, -0.1) is 0 Å². The number of nitrogens with zero attached hydrogens (tertiary/aromatic N) is 3. The second-order valence-corrected chi connectivity index (χ2v) is 8.05. The van der Waals surface area contributed by atoms with E-state index < -0.39 is 4.92 Å². The standard InChI is InChI=1S/C25H27N5O4/c1-17-13-18(2)25(19(3)14-17)27-23(31)10-5-11-24(32)28-26-16-22-9-6-12-29(22)20-7-4-8-21(15-20)30(33)34/h4,6-9,12-16H,5,10-11H2,1-3H3,(H,27,31)(H,28,32)/b26-16-. The van der Waals surface area contributed by atoms with Crippen molar-refractivity contribution >= 4 is 29.4 Å². The molecule has 0 unspecified atom stereocenters. The molecule has 0 fully saturated rings. The van der Waals surface area contributed by atoms with Gasteiger partial charge in [-0.2, -0.15) is 5.10 Å². The average molecular weight is 462 g/mol. The van der Waals surface area contributed by atoms with E-state index in [1.807, 2.05) is 32.9 Å². The summed E-state index contributed by atoms with van der Waals surface area (Å²) >= 11 is 0. The molecule has 0 saturated carbocycles. The van der Waals surface area contributed by atoms with E-state index in [2.05, 4.69) is 15.8 Å². The van der Waals surface area contributed by atoms with Crippen LogP contribution in [-0.4, -0.2) is 27.5 Å². The molecule has 2 N–H and O–H groups in total. The lowest BCUT2D eigenvalue weighted by Gasteiger charge is -2.12. The van der Waals surface area contributed by atoms with Gasteiger partial charge in [0.25, 0.3) is 5.69 Å². The fraction of sp³-hybridized carbons (Fsp3) is 0.240. The summed E-state index contributed by atoms with van der Waals surface area (Å²) in [4.78, 5) is 34.9. The van der Waals surface area contributed by atoms with E-state index in [0.29, 0.717) is 17.8 Å². The molecule has 0 radical (unpaired) electrons. The maximum Gasteiger partial charge on any atom is 0.271 e. The van der Waals surface area contributed by atoms with E-state index in [4.69, 9.17) is 0 Å². The lowest BCUT2D eigenvalue weighted by Crippen LogP contribution is -2.19. The highest BCUT2D eigenvalue weighted by molar-refractivity contribution is 5.92. The van der Waals surface area contributed by atoms with E-state index in [0.717, 1.165) is 22.4 Å². The molecule has 0 aliphatic rings. The summed E-state index contributed by atoms with van der Waals surface area (Å²) < 4.78 is 1.72. The summed E-state index contributed by atoms with van der Waals surface area (Å²) in [6.45, 7) is 5.92. The number of aromatic nitrogens is 1. The zero-order chi connectivity index (χ0) is 24.7. The number of nitro groups is 1. The van der Waals surface area contributed by atoms with Crippen LogP contribution < -0.4 is 10.7 Å². The molecule has 2 amide bonds. The Morgan fingerprint density at radius 1 is 1.03 bits per heavy atom. The Morgan fingerprint density at radius 3 is 2.44 bits per heavy atom. The molecule has 0 aliphatic carbocycles. The lowest BCUT2D eigenvalue weighted by atomic mass is 10.0. The molecule has 0 atom stereocenters. The van der Waals surface area contributed by atoms with E-state index >= 15 is 0 Å². The van der Waals surface area contributed by atoms with Crippen LogP contribution in [-0.2, 0) is 9.59 Å². The van der Waals surface area contributed by atoms with Crippen molar-refractivity contribution in [1.82, 2.24) is 9.99 Å². The van der Waals surface area contributed by atoms with Gasteiger partial charge in [-0.05, 0) is 56.5 Å². The number of nitro benzene ring substituents is 1. The Balaban J connectivity index is 1.49. The number of hydrazone groups is 1. The topological polar surface area (TPSA) is 119 Å². The Hall–Kier alpha value is -4.27. The van der Waals surface area contributed by atoms with Crippen molar-refractivity contribution in [3.63, 3.8) is 0 Å². The van der Waals surface area contributed by atoms with Crippen LogP contribution in [0.15, 0.2) is 59.8 Å². The van der Waals surface area contributed by atoms with Crippen molar-refractivity contribution in [3.8, 4) is 5.69 Å². The third-order valence-electron chi connectivity index (χ3n) is 5.23. The van der Waals surface area contributed by atoms with E-state index in [1.54, 1.807) is 35.0 Å². The Kier molecular flexibility index (Phi) is 7.92. The molecule has 34 heavy (non-hydrogen) atoms. The first kappa shape index (κ1) is 24.4. The monoisotopic (exact) mass is 461 g/mol. The van der Waals surface area contributed by atoms with Crippen LogP contribution in [0, 0.1) is 30.9 Å². The van der Waals surface area contributed by atoms with E-state index in [1.165, 1.54) is 18.3 Å². The number of nitrogens with one attached hydrogen (secondary N) is 2. The van der Waals surface area contributed by atoms with Gasteiger partial charge in [0.05, 0.1) is 22.5 Å². The molecule has 0 saturated heterocycles. The molecule has 1 aromatic heterocycles. The van der Waals surface area contributed by atoms with Gasteiger partial charge in [0.1, 0.15) is 0 Å². The minimum absolute atomic E-state index is 0.0147. The molecule has 3 rings (SSSR count). The van der Waals surface area contributed by atoms with Gasteiger partial charge < -0.3 is 9.88 Å². The van der Waals surface area contributed by atoms with Crippen molar-refractivity contribution in [2.24, 2.45) is 5.10 Å². The van der Waals surface area contributed by atoms with Crippen molar-refractivity contribution in [1.29, 1.82) is 0 Å². The number of carbonyl (C=O) groups is 2. The first-order valence-corrected chi connectivity index (χ1v) is 10.9. The first-order valence-electron chi connectivity index (χ1n) is 10.9. The number of amides is 2. The highest BCUT2D eigenvalue weighted by Gasteiger charge is 2.10. The van der Waals surface area contributed by atoms with Crippen molar-refractivity contribution in [3.05, 3.63) is 87.2 Å². The first-order chi connectivity index (χ1) is 16.2. The fourth-order valence-electron chi connectivity index (χ4n) is 3.71. The second-order valence-electron chi connectivity index (χ2n) is 8.05. The summed E-state index contributed by atoms with van der Waals surface area (Å²) in [6, 6.07) is 13.8. The van der Waals surface area contributed by atoms with Gasteiger partial charge in [0.15, 0.2) is 0 Å². The van der Waals surface area contributed by atoms with E-state index in [9.17, 15) is 19.7 Å². The van der Waals surface area contributed by atoms with Crippen molar-refractivity contribution < 1.29 is 14.5 Å². The van der Waals surface area contributed by atoms with E-state index in [-0.39, 0.29) is 30.3 Å². The molecule has 0 bridgehead atoms.